The van der Waals surface area contributed by atoms with Gasteiger partial charge >= 0.3 is 0 Å². The minimum Gasteiger partial charge on any atom is -0.507 e. The maximum Gasteiger partial charge on any atom is 0.295 e. The van der Waals surface area contributed by atoms with Crippen LogP contribution in [0.4, 0.5) is 0 Å². The number of hydrogen-bond donors (Lipinski definition) is 2. The van der Waals surface area contributed by atoms with Gasteiger partial charge in [0.2, 0.25) is 0 Å². The zero-order valence-electron chi connectivity index (χ0n) is 24.2. The molecule has 5 rings (SSSR count). The second-order valence-electron chi connectivity index (χ2n) is 10.2. The summed E-state index contributed by atoms with van der Waals surface area (Å²) in [7, 11) is 1.54. The highest BCUT2D eigenvalue weighted by molar-refractivity contribution is 6.46. The number of ether oxygens (including phenoxy) is 3. The number of para-hydroxylation sites is 1. The normalized spacial score (nSPS) is 15.9. The molecule has 2 N–H and O–H groups in total. The Balaban J connectivity index is 1.57. The summed E-state index contributed by atoms with van der Waals surface area (Å²) in [5, 5.41) is 22.0. The van der Waals surface area contributed by atoms with Crippen LogP contribution in [-0.4, -0.2) is 40.5 Å². The largest absolute Gasteiger partial charge is 0.507 e. The number of aryl methyl sites for hydroxylation is 1. The second kappa shape index (κ2) is 12.7. The average molecular weight is 580 g/mol. The first kappa shape index (κ1) is 29.3. The molecule has 0 bridgehead atoms. The molecule has 220 valence electrons. The van der Waals surface area contributed by atoms with E-state index in [9.17, 15) is 19.8 Å². The molecule has 1 unspecified atom stereocenters. The van der Waals surface area contributed by atoms with E-state index in [1.54, 1.807) is 43.3 Å². The van der Waals surface area contributed by atoms with Crippen LogP contribution in [0.3, 0.4) is 0 Å². The highest BCUT2D eigenvalue weighted by Crippen LogP contribution is 2.43. The molecule has 8 nitrogen and oxygen atoms in total. The minimum atomic E-state index is -0.959. The molecule has 1 saturated heterocycles. The van der Waals surface area contributed by atoms with Crippen molar-refractivity contribution in [2.75, 3.05) is 13.7 Å². The van der Waals surface area contributed by atoms with Gasteiger partial charge < -0.3 is 29.3 Å². The number of amides is 1. The Bertz CT molecular complexity index is 1680. The zero-order valence-corrected chi connectivity index (χ0v) is 24.2. The maximum atomic E-state index is 13.6. The molecule has 0 spiro atoms. The van der Waals surface area contributed by atoms with Crippen LogP contribution in [0.5, 0.6) is 23.0 Å². The van der Waals surface area contributed by atoms with Crippen LogP contribution in [0, 0.1) is 6.92 Å². The highest BCUT2D eigenvalue weighted by Gasteiger charge is 2.46. The van der Waals surface area contributed by atoms with Gasteiger partial charge in [0.15, 0.2) is 11.5 Å². The van der Waals surface area contributed by atoms with Crippen LogP contribution >= 0.6 is 0 Å². The molecule has 43 heavy (non-hydrogen) atoms. The third-order valence-corrected chi connectivity index (χ3v) is 7.36. The topological polar surface area (TPSA) is 106 Å². The molecule has 1 fully saturated rings. The molecule has 4 aromatic rings. The summed E-state index contributed by atoms with van der Waals surface area (Å²) in [5.41, 5.74) is 3.26. The lowest BCUT2D eigenvalue weighted by atomic mass is 9.94. The molecule has 0 saturated carbocycles. The second-order valence-corrected chi connectivity index (χ2v) is 10.2. The van der Waals surface area contributed by atoms with Crippen LogP contribution in [0.15, 0.2) is 96.6 Å². The minimum absolute atomic E-state index is 0.0478. The summed E-state index contributed by atoms with van der Waals surface area (Å²) in [4.78, 5) is 28.6. The number of ketones is 1. The molecule has 1 aliphatic rings. The van der Waals surface area contributed by atoms with Crippen LogP contribution in [0.2, 0.25) is 0 Å². The van der Waals surface area contributed by atoms with E-state index in [0.29, 0.717) is 41.4 Å². The number of carbonyl (C=O) groups excluding carboxylic acids is 2. The molecule has 1 amide bonds. The van der Waals surface area contributed by atoms with Gasteiger partial charge in [-0.15, -0.1) is 0 Å². The van der Waals surface area contributed by atoms with E-state index in [1.165, 1.54) is 18.1 Å². The van der Waals surface area contributed by atoms with Gasteiger partial charge in [-0.3, -0.25) is 9.59 Å². The first-order chi connectivity index (χ1) is 20.8. The van der Waals surface area contributed by atoms with E-state index in [0.717, 1.165) is 11.1 Å². The molecule has 1 atom stereocenters. The fourth-order valence-electron chi connectivity index (χ4n) is 5.23. The summed E-state index contributed by atoms with van der Waals surface area (Å²) in [6.45, 7) is 4.37. The molecular formula is C35H33NO7. The Morgan fingerprint density at radius 3 is 2.33 bits per heavy atom. The lowest BCUT2D eigenvalue weighted by Crippen LogP contribution is -2.29. The van der Waals surface area contributed by atoms with Crippen molar-refractivity contribution < 1.29 is 34.0 Å². The highest BCUT2D eigenvalue weighted by atomic mass is 16.5. The average Bonchev–Trinajstić information content (AvgIpc) is 3.27. The summed E-state index contributed by atoms with van der Waals surface area (Å²) in [5.74, 6) is -0.560. The fraction of sp³-hybridized carbons (Fsp3) is 0.200. The number of aromatic hydroxyl groups is 1. The predicted molar refractivity (Wildman–Crippen MR) is 162 cm³/mol. The number of methoxy groups -OCH3 is 1. The summed E-state index contributed by atoms with van der Waals surface area (Å²) in [6, 6.07) is 25.8. The Morgan fingerprint density at radius 2 is 1.60 bits per heavy atom. The van der Waals surface area contributed by atoms with Gasteiger partial charge in [-0.05, 0) is 66.9 Å². The van der Waals surface area contributed by atoms with Crippen molar-refractivity contribution in [1.29, 1.82) is 0 Å². The molecule has 0 aromatic heterocycles. The number of likely N-dealkylation sites (tertiary alicyclic amines) is 1. The van der Waals surface area contributed by atoms with Crippen molar-refractivity contribution in [2.24, 2.45) is 0 Å². The van der Waals surface area contributed by atoms with E-state index in [-0.39, 0.29) is 29.4 Å². The number of nitrogens with zero attached hydrogens (tertiary/aromatic N) is 1. The molecular weight excluding hydrogens is 546 g/mol. The number of aliphatic hydroxyl groups excluding tert-OH is 1. The predicted octanol–water partition coefficient (Wildman–Crippen LogP) is 6.31. The number of carbonyl (C=O) groups is 2. The summed E-state index contributed by atoms with van der Waals surface area (Å²) < 4.78 is 17.1. The molecule has 8 heteroatoms. The van der Waals surface area contributed by atoms with Crippen molar-refractivity contribution >= 4 is 17.4 Å². The Labute approximate surface area is 250 Å². The standard InChI is InChI=1S/C35H33NO7/c1-4-42-30-19-24(14-16-27(30)37)32-31(34(39)35(40)36(32)20-26-12-8-9-13-29(26)41-3)33(38)25-15-17-28(22(2)18-25)43-21-23-10-6-5-7-11-23/h5-19,32,37-38H,4,20-21H2,1-3H3/b33-31-. The van der Waals surface area contributed by atoms with Gasteiger partial charge in [0.05, 0.1) is 31.9 Å². The summed E-state index contributed by atoms with van der Waals surface area (Å²) in [6.07, 6.45) is 0. The third-order valence-electron chi connectivity index (χ3n) is 7.36. The lowest BCUT2D eigenvalue weighted by Gasteiger charge is -2.26. The summed E-state index contributed by atoms with van der Waals surface area (Å²) >= 11 is 0. The number of phenolic OH excluding ortho intramolecular Hbond substituents is 1. The number of rotatable bonds is 10. The third kappa shape index (κ3) is 6.04. The van der Waals surface area contributed by atoms with E-state index >= 15 is 0 Å². The van der Waals surface area contributed by atoms with Gasteiger partial charge in [0.25, 0.3) is 11.7 Å². The number of hydrogen-bond acceptors (Lipinski definition) is 7. The van der Waals surface area contributed by atoms with E-state index in [4.69, 9.17) is 14.2 Å². The van der Waals surface area contributed by atoms with Crippen molar-refractivity contribution in [3.8, 4) is 23.0 Å². The monoisotopic (exact) mass is 579 g/mol. The lowest BCUT2D eigenvalue weighted by molar-refractivity contribution is -0.140. The van der Waals surface area contributed by atoms with Gasteiger partial charge in [-0.1, -0.05) is 54.6 Å². The van der Waals surface area contributed by atoms with E-state index < -0.39 is 17.7 Å². The van der Waals surface area contributed by atoms with Crippen molar-refractivity contribution in [3.63, 3.8) is 0 Å². The fourth-order valence-corrected chi connectivity index (χ4v) is 5.23. The van der Waals surface area contributed by atoms with Crippen LogP contribution in [0.1, 0.15) is 40.8 Å². The Hall–Kier alpha value is -5.24. The quantitative estimate of drug-likeness (QED) is 0.129. The number of Topliss-reactive ketones (excluding diaryl/α,β-unsaturated/α-hetero) is 1. The van der Waals surface area contributed by atoms with Crippen LogP contribution in [0.25, 0.3) is 5.76 Å². The Morgan fingerprint density at radius 1 is 0.860 bits per heavy atom. The molecule has 0 radical (unpaired) electrons. The first-order valence-corrected chi connectivity index (χ1v) is 14.0. The number of phenols is 1. The maximum absolute atomic E-state index is 13.6. The van der Waals surface area contributed by atoms with Crippen LogP contribution in [-0.2, 0) is 22.7 Å². The van der Waals surface area contributed by atoms with Gasteiger partial charge in [0.1, 0.15) is 23.9 Å². The van der Waals surface area contributed by atoms with E-state index in [1.807, 2.05) is 55.5 Å². The first-order valence-electron chi connectivity index (χ1n) is 14.0. The van der Waals surface area contributed by atoms with Crippen LogP contribution < -0.4 is 14.2 Å². The smallest absolute Gasteiger partial charge is 0.295 e. The number of benzene rings is 4. The van der Waals surface area contributed by atoms with Gasteiger partial charge in [-0.25, -0.2) is 0 Å². The van der Waals surface area contributed by atoms with Crippen molar-refractivity contribution in [1.82, 2.24) is 4.90 Å². The number of aliphatic hydroxyl groups is 1. The van der Waals surface area contributed by atoms with Gasteiger partial charge in [-0.2, -0.15) is 0 Å². The molecule has 0 aliphatic carbocycles. The molecule has 1 aliphatic heterocycles. The zero-order chi connectivity index (χ0) is 30.5. The van der Waals surface area contributed by atoms with Crippen molar-refractivity contribution in [3.05, 3.63) is 124 Å². The molecule has 4 aromatic carbocycles. The van der Waals surface area contributed by atoms with Crippen molar-refractivity contribution in [2.45, 2.75) is 33.0 Å². The molecule has 1 heterocycles. The SMILES string of the molecule is CCOc1cc(C2/C(=C(/O)c3ccc(OCc4ccccc4)c(C)c3)C(=O)C(=O)N2Cc2ccccc2OC)ccc1O. The van der Waals surface area contributed by atoms with Gasteiger partial charge in [0, 0.05) is 11.1 Å². The van der Waals surface area contributed by atoms with E-state index in [2.05, 4.69) is 0 Å². The Kier molecular flexibility index (Phi) is 8.66.